The maximum atomic E-state index is 8.38. The molecule has 2 nitrogen and oxygen atoms in total. The molecule has 4 heavy (non-hydrogen) atoms. The Balaban J connectivity index is 0. The summed E-state index contributed by atoms with van der Waals surface area (Å²) in [6.07, 6.45) is 0. The molecule has 0 radical (unpaired) electrons. The summed E-state index contributed by atoms with van der Waals surface area (Å²) in [5, 5.41) is 16.8. The topological polar surface area (TPSA) is 46.1 Å². The third-order valence-electron chi connectivity index (χ3n) is 0. The zero-order valence-corrected chi connectivity index (χ0v) is 5.71. The first-order valence-electron chi connectivity index (χ1n) is 0.577. The number of rotatable bonds is 0. The van der Waals surface area contributed by atoms with E-state index >= 15 is 0 Å². The van der Waals surface area contributed by atoms with Crippen LogP contribution in [-0.4, -0.2) is 53.2 Å². The zero-order chi connectivity index (χ0) is 2.71. The van der Waals surface area contributed by atoms with Gasteiger partial charge < -0.3 is 10.0 Å². The van der Waals surface area contributed by atoms with Gasteiger partial charge in [0.2, 0.25) is 0 Å². The minimum absolute atomic E-state index is 0. The average Bonchev–Trinajstić information content (AvgIpc) is 0.918. The van der Waals surface area contributed by atoms with Crippen molar-refractivity contribution < 1.29 is 10.0 Å². The Morgan fingerprint density at radius 2 is 1.25 bits per heavy atom. The minimum Gasteiger partial charge on any atom is -0.896 e. The van der Waals surface area contributed by atoms with Crippen LogP contribution in [0.5, 0.6) is 0 Å². The second-order valence-electron chi connectivity index (χ2n) is 0.118. The fourth-order valence-corrected chi connectivity index (χ4v) is 0. The van der Waals surface area contributed by atoms with Gasteiger partial charge in [-0.2, -0.15) is 0 Å². The molecule has 0 bridgehead atoms. The van der Waals surface area contributed by atoms with Crippen LogP contribution >= 0.6 is 0 Å². The second kappa shape index (κ2) is 8.82. The molecular weight excluding hydrogens is 130 g/mol. The third kappa shape index (κ3) is 9.81. The van der Waals surface area contributed by atoms with Crippen molar-refractivity contribution >= 4 is 53.2 Å². The number of hydrogen-bond donors (Lipinski definition) is 0. The first kappa shape index (κ1) is 9.07. The first-order valence-corrected chi connectivity index (χ1v) is 0.577. The van der Waals surface area contributed by atoms with E-state index in [9.17, 15) is 0 Å². The van der Waals surface area contributed by atoms with E-state index < -0.39 is 7.69 Å². The molecule has 0 rings (SSSR count). The molecule has 0 atom stereocenters. The fourth-order valence-electron chi connectivity index (χ4n) is 0. The summed E-state index contributed by atoms with van der Waals surface area (Å²) < 4.78 is 0. The van der Waals surface area contributed by atoms with Crippen LogP contribution in [-0.2, 0) is 0 Å². The van der Waals surface area contributed by atoms with Gasteiger partial charge in [0.25, 0.3) is 0 Å². The Kier molecular flexibility index (Phi) is 20.0. The predicted octanol–water partition coefficient (Wildman–Crippen LogP) is -3.41. The molecule has 0 saturated carbocycles. The number of hydrogen-bond acceptors (Lipinski definition) is 2. The molecule has 18 valence electrons. The molecule has 4 heteroatoms. The van der Waals surface area contributed by atoms with E-state index in [2.05, 4.69) is 0 Å². The van der Waals surface area contributed by atoms with Crippen molar-refractivity contribution in [3.05, 3.63) is 0 Å². The molecule has 0 aliphatic carbocycles. The summed E-state index contributed by atoms with van der Waals surface area (Å²) in [6, 6.07) is 0. The van der Waals surface area contributed by atoms with Gasteiger partial charge in [0.1, 0.15) is 0 Å². The summed E-state index contributed by atoms with van der Waals surface area (Å²) in [5.41, 5.74) is 0. The zero-order valence-electron chi connectivity index (χ0n) is 2.23. The van der Waals surface area contributed by atoms with Crippen LogP contribution in [0.25, 0.3) is 0 Å². The van der Waals surface area contributed by atoms with E-state index in [1.807, 2.05) is 0 Å². The van der Waals surface area contributed by atoms with Crippen LogP contribution in [0.4, 0.5) is 0 Å². The smallest absolute Gasteiger partial charge is 0.896 e. The Hall–Kier alpha value is 1.47. The molecule has 0 N–H and O–H groups in total. The van der Waals surface area contributed by atoms with Gasteiger partial charge >= 0.3 is 45.5 Å². The maximum absolute atomic E-state index is 8.38. The average molecular weight is 131 g/mol. The van der Waals surface area contributed by atoms with Gasteiger partial charge in [-0.15, -0.1) is 7.69 Å². The van der Waals surface area contributed by atoms with Gasteiger partial charge in [-0.05, 0) is 0 Å². The van der Waals surface area contributed by atoms with Crippen molar-refractivity contribution in [1.29, 1.82) is 0 Å². The van der Waals surface area contributed by atoms with Gasteiger partial charge in [0.05, 0.1) is 0 Å². The third-order valence-corrected chi connectivity index (χ3v) is 0. The normalized spacial score (nSPS) is 3.50. The molecule has 0 heterocycles. The summed E-state index contributed by atoms with van der Waals surface area (Å²) in [4.78, 5) is 0. The molecule has 0 fully saturated rings. The van der Waals surface area contributed by atoms with Crippen molar-refractivity contribution in [3.63, 3.8) is 0 Å². The van der Waals surface area contributed by atoms with Crippen molar-refractivity contribution in [2.24, 2.45) is 0 Å². The first-order chi connectivity index (χ1) is 1.41. The van der Waals surface area contributed by atoms with Crippen molar-refractivity contribution in [3.8, 4) is 0 Å². The molecule has 0 aliphatic heterocycles. The van der Waals surface area contributed by atoms with Crippen LogP contribution in [0.2, 0.25) is 0 Å². The standard InChI is InChI=1S/BHO2.Sr/c2-1-3;/h1H;/q-2;+2. The van der Waals surface area contributed by atoms with Gasteiger partial charge in [-0.25, -0.2) is 0 Å². The van der Waals surface area contributed by atoms with Gasteiger partial charge in [-0.1, -0.05) is 0 Å². The van der Waals surface area contributed by atoms with Crippen LogP contribution in [0.1, 0.15) is 0 Å². The quantitative estimate of drug-likeness (QED) is 0.322. The molecular formula is HBO2Sr. The Bertz CT molecular complexity index is 6.00. The van der Waals surface area contributed by atoms with Crippen LogP contribution in [0, 0.1) is 0 Å². The molecule has 0 aliphatic rings. The SMILES string of the molecule is [O-]B[O-].[Sr+2]. The van der Waals surface area contributed by atoms with Gasteiger partial charge in [0, 0.05) is 0 Å². The monoisotopic (exact) mass is 132 g/mol. The minimum atomic E-state index is -1.25. The summed E-state index contributed by atoms with van der Waals surface area (Å²) in [6.45, 7) is 0. The van der Waals surface area contributed by atoms with Gasteiger partial charge in [0.15, 0.2) is 0 Å². The molecule has 0 saturated heterocycles. The van der Waals surface area contributed by atoms with Crippen molar-refractivity contribution in [1.82, 2.24) is 0 Å². The van der Waals surface area contributed by atoms with Crippen LogP contribution in [0.3, 0.4) is 0 Å². The molecule has 0 aromatic heterocycles. The van der Waals surface area contributed by atoms with E-state index in [0.717, 1.165) is 0 Å². The predicted molar refractivity (Wildman–Crippen MR) is 12.9 cm³/mol. The molecule has 0 spiro atoms. The summed E-state index contributed by atoms with van der Waals surface area (Å²) >= 11 is 0. The Morgan fingerprint density at radius 1 is 1.25 bits per heavy atom. The second-order valence-corrected chi connectivity index (χ2v) is 0.118. The van der Waals surface area contributed by atoms with Crippen LogP contribution < -0.4 is 10.0 Å². The maximum Gasteiger partial charge on any atom is 2.00 e. The molecule has 0 aromatic rings. The van der Waals surface area contributed by atoms with E-state index in [1.165, 1.54) is 0 Å². The van der Waals surface area contributed by atoms with E-state index in [0.29, 0.717) is 0 Å². The summed E-state index contributed by atoms with van der Waals surface area (Å²) in [5.74, 6) is 0. The fraction of sp³-hybridized carbons (Fsp3) is 0. The molecule has 0 amide bonds. The summed E-state index contributed by atoms with van der Waals surface area (Å²) in [7, 11) is -1.25. The Labute approximate surface area is 62.4 Å². The van der Waals surface area contributed by atoms with Crippen molar-refractivity contribution in [2.75, 3.05) is 0 Å². The van der Waals surface area contributed by atoms with Gasteiger partial charge in [-0.3, -0.25) is 0 Å². The van der Waals surface area contributed by atoms with Crippen LogP contribution in [0.15, 0.2) is 0 Å². The molecule has 0 unspecified atom stereocenters. The van der Waals surface area contributed by atoms with E-state index in [1.54, 1.807) is 0 Å². The molecule has 0 aromatic carbocycles. The van der Waals surface area contributed by atoms with E-state index in [4.69, 9.17) is 10.0 Å². The van der Waals surface area contributed by atoms with E-state index in [-0.39, 0.29) is 45.5 Å². The Morgan fingerprint density at radius 3 is 1.25 bits per heavy atom. The largest absolute Gasteiger partial charge is 2.00 e. The van der Waals surface area contributed by atoms with Crippen molar-refractivity contribution in [2.45, 2.75) is 0 Å².